The fraction of sp³-hybridized carbons (Fsp3) is 0.364. The molecule has 0 aliphatic rings. The highest BCUT2D eigenvalue weighted by molar-refractivity contribution is 5.46. The summed E-state index contributed by atoms with van der Waals surface area (Å²) >= 11 is 0. The van der Waals surface area contributed by atoms with Gasteiger partial charge >= 0.3 is 0 Å². The van der Waals surface area contributed by atoms with Crippen LogP contribution >= 0.6 is 0 Å². The maximum absolute atomic E-state index is 4.97. The molecule has 0 heterocycles. The van der Waals surface area contributed by atoms with Crippen LogP contribution < -0.4 is 0 Å². The van der Waals surface area contributed by atoms with Crippen LogP contribution in [-0.4, -0.2) is 13.8 Å². The zero-order valence-electron chi connectivity index (χ0n) is 8.58. The molecule has 0 amide bonds. The Morgan fingerprint density at radius 1 is 1.38 bits per heavy atom. The molecule has 0 aromatic heterocycles. The van der Waals surface area contributed by atoms with Crippen LogP contribution in [0.1, 0.15) is 19.4 Å². The van der Waals surface area contributed by atoms with Gasteiger partial charge in [0.25, 0.3) is 0 Å². The van der Waals surface area contributed by atoms with Gasteiger partial charge in [0.1, 0.15) is 0 Å². The lowest BCUT2D eigenvalue weighted by Crippen LogP contribution is -1.85. The summed E-state index contributed by atoms with van der Waals surface area (Å²) in [4.78, 5) is 3.81. The molecule has 0 bridgehead atoms. The van der Waals surface area contributed by atoms with E-state index in [9.17, 15) is 0 Å². The zero-order chi connectivity index (χ0) is 10.1. The molecule has 1 rings (SSSR count). The lowest BCUT2D eigenvalue weighted by Gasteiger charge is -1.99. The fourth-order valence-electron chi connectivity index (χ4n) is 0.911. The summed E-state index contributed by atoms with van der Waals surface area (Å²) in [6, 6.07) is 7.80. The minimum atomic E-state index is 0.628. The van der Waals surface area contributed by atoms with Crippen molar-refractivity contribution in [3.63, 3.8) is 0 Å². The van der Waals surface area contributed by atoms with E-state index in [-0.39, 0.29) is 0 Å². The average Bonchev–Trinajstić information content (AvgIpc) is 2.22. The van der Waals surface area contributed by atoms with Crippen molar-refractivity contribution in [3.05, 3.63) is 29.8 Å². The molecule has 0 fully saturated rings. The molecule has 0 saturated heterocycles. The van der Waals surface area contributed by atoms with Crippen molar-refractivity contribution in [1.29, 1.82) is 0 Å². The summed E-state index contributed by atoms with van der Waals surface area (Å²) in [7, 11) is 1.67. The van der Waals surface area contributed by atoms with E-state index in [0.29, 0.717) is 6.61 Å². The predicted molar refractivity (Wildman–Crippen MR) is 57.7 cm³/mol. The molecule has 2 nitrogen and oxygen atoms in total. The predicted octanol–water partition coefficient (Wildman–Crippen LogP) is 3.19. The second kappa shape index (κ2) is 7.50. The topological polar surface area (TPSA) is 21.6 Å². The standard InChI is InChI=1S/C9H11NO.C2H6/c1-10-9-5-3-4-8(6-9)7-11-2;1-2/h3-6H,1,7H2,2H3;1-2H3. The van der Waals surface area contributed by atoms with Crippen molar-refractivity contribution < 1.29 is 4.74 Å². The van der Waals surface area contributed by atoms with E-state index in [1.165, 1.54) is 0 Å². The molecular formula is C11H17NO. The molecule has 0 spiro atoms. The number of ether oxygens (including phenoxy) is 1. The van der Waals surface area contributed by atoms with Gasteiger partial charge in [0.15, 0.2) is 0 Å². The first kappa shape index (κ1) is 11.8. The van der Waals surface area contributed by atoms with Crippen LogP contribution in [0.15, 0.2) is 29.3 Å². The molecule has 2 heteroatoms. The summed E-state index contributed by atoms with van der Waals surface area (Å²) in [5.74, 6) is 0. The summed E-state index contributed by atoms with van der Waals surface area (Å²) in [5, 5.41) is 0. The Morgan fingerprint density at radius 3 is 2.62 bits per heavy atom. The molecule has 0 N–H and O–H groups in total. The van der Waals surface area contributed by atoms with E-state index in [1.54, 1.807) is 7.11 Å². The summed E-state index contributed by atoms with van der Waals surface area (Å²) in [6.45, 7) is 8.07. The summed E-state index contributed by atoms with van der Waals surface area (Å²) in [6.07, 6.45) is 0. The van der Waals surface area contributed by atoms with Gasteiger partial charge in [-0.25, -0.2) is 0 Å². The molecule has 1 aromatic carbocycles. The third-order valence-corrected chi connectivity index (χ3v) is 1.40. The first-order chi connectivity index (χ1) is 6.36. The minimum absolute atomic E-state index is 0.628. The van der Waals surface area contributed by atoms with E-state index in [1.807, 2.05) is 38.1 Å². The number of hydrogen-bond donors (Lipinski definition) is 0. The maximum atomic E-state index is 4.97. The number of nitrogens with zero attached hydrogens (tertiary/aromatic N) is 1. The molecule has 0 unspecified atom stereocenters. The van der Waals surface area contributed by atoms with Gasteiger partial charge in [-0.2, -0.15) is 0 Å². The first-order valence-corrected chi connectivity index (χ1v) is 4.41. The Morgan fingerprint density at radius 2 is 2.08 bits per heavy atom. The molecular weight excluding hydrogens is 162 g/mol. The van der Waals surface area contributed by atoms with Crippen molar-refractivity contribution in [2.24, 2.45) is 4.99 Å². The van der Waals surface area contributed by atoms with Crippen molar-refractivity contribution >= 4 is 12.4 Å². The smallest absolute Gasteiger partial charge is 0.0713 e. The SMILES string of the molecule is C=Nc1cccc(COC)c1.CC. The molecule has 72 valence electrons. The highest BCUT2D eigenvalue weighted by Gasteiger charge is 1.91. The van der Waals surface area contributed by atoms with Gasteiger partial charge in [0.2, 0.25) is 0 Å². The Hall–Kier alpha value is -1.15. The van der Waals surface area contributed by atoms with Gasteiger partial charge in [0.05, 0.1) is 12.3 Å². The van der Waals surface area contributed by atoms with Crippen LogP contribution in [0.2, 0.25) is 0 Å². The van der Waals surface area contributed by atoms with E-state index in [4.69, 9.17) is 4.74 Å². The van der Waals surface area contributed by atoms with Gasteiger partial charge in [-0.05, 0) is 24.4 Å². The number of methoxy groups -OCH3 is 1. The van der Waals surface area contributed by atoms with Crippen LogP contribution in [0, 0.1) is 0 Å². The lowest BCUT2D eigenvalue weighted by atomic mass is 10.2. The van der Waals surface area contributed by atoms with Gasteiger partial charge in [-0.3, -0.25) is 4.99 Å². The number of aliphatic imine (C=N–C) groups is 1. The first-order valence-electron chi connectivity index (χ1n) is 4.41. The molecule has 0 aliphatic heterocycles. The van der Waals surface area contributed by atoms with E-state index in [0.717, 1.165) is 11.3 Å². The molecule has 0 atom stereocenters. The van der Waals surface area contributed by atoms with Crippen LogP contribution in [-0.2, 0) is 11.3 Å². The Kier molecular flexibility index (Phi) is 6.83. The van der Waals surface area contributed by atoms with Crippen LogP contribution in [0.5, 0.6) is 0 Å². The van der Waals surface area contributed by atoms with Crippen molar-refractivity contribution in [3.8, 4) is 0 Å². The van der Waals surface area contributed by atoms with Gasteiger partial charge < -0.3 is 4.74 Å². The number of rotatable bonds is 3. The monoisotopic (exact) mass is 179 g/mol. The Bertz CT molecular complexity index is 246. The Labute approximate surface area is 80.3 Å². The number of hydrogen-bond acceptors (Lipinski definition) is 2. The fourth-order valence-corrected chi connectivity index (χ4v) is 0.911. The molecule has 0 aliphatic carbocycles. The average molecular weight is 179 g/mol. The third kappa shape index (κ3) is 4.43. The lowest BCUT2D eigenvalue weighted by molar-refractivity contribution is 0.185. The van der Waals surface area contributed by atoms with Crippen LogP contribution in [0.4, 0.5) is 5.69 Å². The van der Waals surface area contributed by atoms with Crippen LogP contribution in [0.25, 0.3) is 0 Å². The van der Waals surface area contributed by atoms with Gasteiger partial charge in [-0.15, -0.1) is 0 Å². The van der Waals surface area contributed by atoms with E-state index < -0.39 is 0 Å². The maximum Gasteiger partial charge on any atom is 0.0713 e. The van der Waals surface area contributed by atoms with Crippen LogP contribution in [0.3, 0.4) is 0 Å². The Balaban J connectivity index is 0.000000671. The number of benzene rings is 1. The largest absolute Gasteiger partial charge is 0.380 e. The summed E-state index contributed by atoms with van der Waals surface area (Å²) < 4.78 is 4.97. The third-order valence-electron chi connectivity index (χ3n) is 1.40. The van der Waals surface area contributed by atoms with Crippen molar-refractivity contribution in [2.45, 2.75) is 20.5 Å². The second-order valence-electron chi connectivity index (χ2n) is 2.26. The zero-order valence-corrected chi connectivity index (χ0v) is 8.58. The highest BCUT2D eigenvalue weighted by atomic mass is 16.5. The van der Waals surface area contributed by atoms with Crippen molar-refractivity contribution in [2.75, 3.05) is 7.11 Å². The van der Waals surface area contributed by atoms with Gasteiger partial charge in [-0.1, -0.05) is 26.0 Å². The van der Waals surface area contributed by atoms with E-state index >= 15 is 0 Å². The second-order valence-corrected chi connectivity index (χ2v) is 2.26. The molecule has 1 aromatic rings. The molecule has 0 saturated carbocycles. The minimum Gasteiger partial charge on any atom is -0.380 e. The quantitative estimate of drug-likeness (QED) is 0.653. The highest BCUT2D eigenvalue weighted by Crippen LogP contribution is 2.13. The normalized spacial score (nSPS) is 8.54. The molecule has 13 heavy (non-hydrogen) atoms. The van der Waals surface area contributed by atoms with Crippen molar-refractivity contribution in [1.82, 2.24) is 0 Å². The van der Waals surface area contributed by atoms with E-state index in [2.05, 4.69) is 11.7 Å². The molecule has 0 radical (unpaired) electrons. The van der Waals surface area contributed by atoms with Gasteiger partial charge in [0, 0.05) is 7.11 Å². The summed E-state index contributed by atoms with van der Waals surface area (Å²) in [5.41, 5.74) is 2.01.